The van der Waals surface area contributed by atoms with Gasteiger partial charge in [0.05, 0.1) is 0 Å². The summed E-state index contributed by atoms with van der Waals surface area (Å²) < 4.78 is 0. The molecule has 1 aliphatic carbocycles. The van der Waals surface area contributed by atoms with E-state index in [-0.39, 0.29) is 0 Å². The zero-order valence-electron chi connectivity index (χ0n) is 8.85. The van der Waals surface area contributed by atoms with Crippen molar-refractivity contribution < 1.29 is 0 Å². The summed E-state index contributed by atoms with van der Waals surface area (Å²) in [5, 5.41) is 0. The minimum Gasteiger partial charge on any atom is -0.0564 e. The fourth-order valence-corrected chi connectivity index (χ4v) is 2.32. The summed E-state index contributed by atoms with van der Waals surface area (Å²) in [5.74, 6) is 0. The van der Waals surface area contributed by atoms with Crippen LogP contribution in [0.25, 0.3) is 0 Å². The van der Waals surface area contributed by atoms with Gasteiger partial charge >= 0.3 is 0 Å². The number of rotatable bonds is 1. The first-order chi connectivity index (χ1) is 6.10. The van der Waals surface area contributed by atoms with Crippen LogP contribution < -0.4 is 0 Å². The van der Waals surface area contributed by atoms with Crippen LogP contribution in [0.15, 0.2) is 18.2 Å². The van der Waals surface area contributed by atoms with Gasteiger partial charge in [0.25, 0.3) is 0 Å². The average molecular weight is 174 g/mol. The third kappa shape index (κ3) is 1.50. The Hall–Kier alpha value is -0.780. The number of hydrogen-bond donors (Lipinski definition) is 0. The standard InChI is InChI=1S/C13H18/c1-10-7-11(2)9-12(8-10)13(3)5-4-6-13/h7-9H,4-6H2,1-3H3. The number of hydrogen-bond acceptors (Lipinski definition) is 0. The molecule has 1 aromatic rings. The van der Waals surface area contributed by atoms with Gasteiger partial charge in [-0.1, -0.05) is 42.7 Å². The van der Waals surface area contributed by atoms with E-state index in [0.29, 0.717) is 5.41 Å². The van der Waals surface area contributed by atoms with E-state index in [1.165, 1.54) is 30.4 Å². The van der Waals surface area contributed by atoms with Gasteiger partial charge in [0, 0.05) is 0 Å². The van der Waals surface area contributed by atoms with E-state index < -0.39 is 0 Å². The maximum Gasteiger partial charge on any atom is -0.00750 e. The highest BCUT2D eigenvalue weighted by Gasteiger charge is 2.33. The van der Waals surface area contributed by atoms with Gasteiger partial charge in [-0.05, 0) is 37.7 Å². The summed E-state index contributed by atoms with van der Waals surface area (Å²) in [6.45, 7) is 6.78. The summed E-state index contributed by atoms with van der Waals surface area (Å²) in [4.78, 5) is 0. The molecule has 0 spiro atoms. The third-order valence-electron chi connectivity index (χ3n) is 3.38. The van der Waals surface area contributed by atoms with Crippen LogP contribution in [-0.2, 0) is 5.41 Å². The van der Waals surface area contributed by atoms with Crippen molar-refractivity contribution in [1.82, 2.24) is 0 Å². The van der Waals surface area contributed by atoms with Crippen LogP contribution >= 0.6 is 0 Å². The molecule has 0 amide bonds. The van der Waals surface area contributed by atoms with Crippen LogP contribution in [0.4, 0.5) is 0 Å². The Balaban J connectivity index is 2.39. The first-order valence-electron chi connectivity index (χ1n) is 5.19. The predicted octanol–water partition coefficient (Wildman–Crippen LogP) is 3.75. The van der Waals surface area contributed by atoms with Gasteiger partial charge in [-0.25, -0.2) is 0 Å². The molecule has 1 fully saturated rings. The zero-order chi connectivity index (χ0) is 9.47. The molecule has 1 aliphatic rings. The van der Waals surface area contributed by atoms with Crippen LogP contribution in [0.3, 0.4) is 0 Å². The van der Waals surface area contributed by atoms with Crippen molar-refractivity contribution in [3.05, 3.63) is 34.9 Å². The zero-order valence-corrected chi connectivity index (χ0v) is 8.85. The van der Waals surface area contributed by atoms with Crippen molar-refractivity contribution in [3.63, 3.8) is 0 Å². The van der Waals surface area contributed by atoms with Crippen LogP contribution in [0, 0.1) is 13.8 Å². The van der Waals surface area contributed by atoms with E-state index in [1.54, 1.807) is 5.56 Å². The SMILES string of the molecule is Cc1cc(C)cc(C2(C)CCC2)c1. The molecule has 0 saturated heterocycles. The monoisotopic (exact) mass is 174 g/mol. The molecule has 0 heteroatoms. The van der Waals surface area contributed by atoms with Gasteiger partial charge in [0.15, 0.2) is 0 Å². The largest absolute Gasteiger partial charge is 0.0564 e. The Morgan fingerprint density at radius 2 is 1.54 bits per heavy atom. The van der Waals surface area contributed by atoms with Crippen molar-refractivity contribution in [3.8, 4) is 0 Å². The van der Waals surface area contributed by atoms with Crippen LogP contribution in [-0.4, -0.2) is 0 Å². The minimum atomic E-state index is 0.497. The Bertz CT molecular complexity index is 299. The summed E-state index contributed by atoms with van der Waals surface area (Å²) in [6, 6.07) is 6.96. The first kappa shape index (κ1) is 8.80. The Kier molecular flexibility index (Phi) is 1.94. The van der Waals surface area contributed by atoms with Gasteiger partial charge in [-0.2, -0.15) is 0 Å². The molecule has 13 heavy (non-hydrogen) atoms. The quantitative estimate of drug-likeness (QED) is 0.608. The molecule has 0 aliphatic heterocycles. The van der Waals surface area contributed by atoms with E-state index >= 15 is 0 Å². The lowest BCUT2D eigenvalue weighted by atomic mass is 9.65. The molecule has 1 aromatic carbocycles. The Morgan fingerprint density at radius 1 is 1.00 bits per heavy atom. The molecule has 2 rings (SSSR count). The van der Waals surface area contributed by atoms with Gasteiger partial charge in [-0.3, -0.25) is 0 Å². The molecule has 1 saturated carbocycles. The summed E-state index contributed by atoms with van der Waals surface area (Å²) >= 11 is 0. The maximum atomic E-state index is 2.39. The fourth-order valence-electron chi connectivity index (χ4n) is 2.32. The fraction of sp³-hybridized carbons (Fsp3) is 0.538. The topological polar surface area (TPSA) is 0 Å². The van der Waals surface area contributed by atoms with Crippen molar-refractivity contribution in [2.45, 2.75) is 45.4 Å². The highest BCUT2D eigenvalue weighted by molar-refractivity contribution is 5.34. The predicted molar refractivity (Wildman–Crippen MR) is 57.1 cm³/mol. The van der Waals surface area contributed by atoms with Gasteiger partial charge in [0.2, 0.25) is 0 Å². The highest BCUT2D eigenvalue weighted by Crippen LogP contribution is 2.43. The van der Waals surface area contributed by atoms with Crippen LogP contribution in [0.2, 0.25) is 0 Å². The van der Waals surface area contributed by atoms with E-state index in [0.717, 1.165) is 0 Å². The second-order valence-electron chi connectivity index (χ2n) is 4.79. The summed E-state index contributed by atoms with van der Waals surface area (Å²) in [7, 11) is 0. The van der Waals surface area contributed by atoms with Gasteiger partial charge in [-0.15, -0.1) is 0 Å². The Morgan fingerprint density at radius 3 is 1.92 bits per heavy atom. The van der Waals surface area contributed by atoms with Crippen molar-refractivity contribution in [1.29, 1.82) is 0 Å². The van der Waals surface area contributed by atoms with Crippen LogP contribution in [0.1, 0.15) is 42.9 Å². The van der Waals surface area contributed by atoms with E-state index in [9.17, 15) is 0 Å². The van der Waals surface area contributed by atoms with E-state index in [4.69, 9.17) is 0 Å². The van der Waals surface area contributed by atoms with E-state index in [1.807, 2.05) is 0 Å². The second-order valence-corrected chi connectivity index (χ2v) is 4.79. The Labute approximate surface area is 81.0 Å². The molecule has 70 valence electrons. The molecule has 0 N–H and O–H groups in total. The lowest BCUT2D eigenvalue weighted by molar-refractivity contribution is 0.272. The molecule has 0 aromatic heterocycles. The minimum absolute atomic E-state index is 0.497. The summed E-state index contributed by atoms with van der Waals surface area (Å²) in [6.07, 6.45) is 4.15. The lowest BCUT2D eigenvalue weighted by Crippen LogP contribution is -2.30. The molecule has 0 unspecified atom stereocenters. The van der Waals surface area contributed by atoms with Gasteiger partial charge < -0.3 is 0 Å². The number of benzene rings is 1. The van der Waals surface area contributed by atoms with Crippen molar-refractivity contribution in [2.24, 2.45) is 0 Å². The molecule has 0 nitrogen and oxygen atoms in total. The summed E-state index contributed by atoms with van der Waals surface area (Å²) in [5.41, 5.74) is 4.86. The third-order valence-corrected chi connectivity index (χ3v) is 3.38. The molecule has 0 atom stereocenters. The van der Waals surface area contributed by atoms with E-state index in [2.05, 4.69) is 39.0 Å². The molecule has 0 heterocycles. The lowest BCUT2D eigenvalue weighted by Gasteiger charge is -2.39. The maximum absolute atomic E-state index is 2.39. The van der Waals surface area contributed by atoms with Gasteiger partial charge in [0.1, 0.15) is 0 Å². The molecule has 0 radical (unpaired) electrons. The second kappa shape index (κ2) is 2.87. The molecular formula is C13H18. The van der Waals surface area contributed by atoms with Crippen LogP contribution in [0.5, 0.6) is 0 Å². The smallest absolute Gasteiger partial charge is 0.00750 e. The number of aryl methyl sites for hydroxylation is 2. The average Bonchev–Trinajstić information content (AvgIpc) is 1.98. The highest BCUT2D eigenvalue weighted by atomic mass is 14.4. The normalized spacial score (nSPS) is 19.6. The first-order valence-corrected chi connectivity index (χ1v) is 5.19. The molecule has 0 bridgehead atoms. The molecular weight excluding hydrogens is 156 g/mol. The van der Waals surface area contributed by atoms with Crippen molar-refractivity contribution >= 4 is 0 Å². The van der Waals surface area contributed by atoms with Crippen molar-refractivity contribution in [2.75, 3.05) is 0 Å².